The molecule has 0 atom stereocenters. The number of carbonyl (C=O) groups excluding carboxylic acids is 1. The minimum absolute atomic E-state index is 0.175. The van der Waals surface area contributed by atoms with E-state index in [1.807, 2.05) is 0 Å². The molecule has 2 N–H and O–H groups in total. The lowest BCUT2D eigenvalue weighted by molar-refractivity contribution is 0.104. The van der Waals surface area contributed by atoms with Gasteiger partial charge in [0, 0.05) is 5.56 Å². The molecule has 0 bridgehead atoms. The molecule has 0 heterocycles. The van der Waals surface area contributed by atoms with Gasteiger partial charge in [0.25, 0.3) is 0 Å². The van der Waals surface area contributed by atoms with Gasteiger partial charge in [-0.05, 0) is 23.8 Å². The zero-order chi connectivity index (χ0) is 17.4. The Morgan fingerprint density at radius 2 is 1.52 bits per heavy atom. The van der Waals surface area contributed by atoms with E-state index in [0.717, 1.165) is 18.2 Å². The summed E-state index contributed by atoms with van der Waals surface area (Å²) in [5.74, 6) is -0.893. The standard InChI is InChI=1S/C15H12F5NOS/c16-23(17,18,19,20)14-8-4-7-12(15(14)21)13(22)10-9-11-5-2-1-3-6-11/h1-10H,21H2. The topological polar surface area (TPSA) is 43.1 Å². The molecule has 0 unspecified atom stereocenters. The summed E-state index contributed by atoms with van der Waals surface area (Å²) in [5.41, 5.74) is 3.92. The van der Waals surface area contributed by atoms with Crippen LogP contribution in [0.15, 0.2) is 59.5 Å². The summed E-state index contributed by atoms with van der Waals surface area (Å²) in [4.78, 5) is 9.71. The molecule has 2 aromatic rings. The van der Waals surface area contributed by atoms with Crippen molar-refractivity contribution >= 4 is 27.8 Å². The van der Waals surface area contributed by atoms with Crippen LogP contribution in [0.25, 0.3) is 6.08 Å². The Kier molecular flexibility index (Phi) is 3.57. The van der Waals surface area contributed by atoms with Gasteiger partial charge in [-0.1, -0.05) is 61.9 Å². The maximum atomic E-state index is 12.9. The number of hydrogen-bond donors (Lipinski definition) is 1. The van der Waals surface area contributed by atoms with Crippen molar-refractivity contribution in [1.82, 2.24) is 0 Å². The lowest BCUT2D eigenvalue weighted by Gasteiger charge is -2.41. The van der Waals surface area contributed by atoms with Crippen LogP contribution in [0.3, 0.4) is 0 Å². The van der Waals surface area contributed by atoms with Crippen LogP contribution in [0.5, 0.6) is 0 Å². The molecule has 0 radical (unpaired) electrons. The number of anilines is 1. The highest BCUT2D eigenvalue weighted by Crippen LogP contribution is 3.02. The van der Waals surface area contributed by atoms with E-state index < -0.39 is 32.2 Å². The van der Waals surface area contributed by atoms with Crippen molar-refractivity contribution in [2.45, 2.75) is 4.90 Å². The molecule has 0 amide bonds. The second-order valence-electron chi connectivity index (χ2n) is 4.79. The molecule has 2 nitrogen and oxygen atoms in total. The number of hydrogen-bond acceptors (Lipinski definition) is 2. The third-order valence-electron chi connectivity index (χ3n) is 2.97. The van der Waals surface area contributed by atoms with Crippen LogP contribution in [-0.4, -0.2) is 5.78 Å². The number of nitrogens with two attached hydrogens (primary N) is 1. The SMILES string of the molecule is Nc1c(C(=O)C=Cc2ccccc2)cccc1S(F)(F)(F)(F)F. The van der Waals surface area contributed by atoms with Crippen molar-refractivity contribution < 1.29 is 24.2 Å². The van der Waals surface area contributed by atoms with Gasteiger partial charge in [-0.15, -0.1) is 0 Å². The predicted molar refractivity (Wildman–Crippen MR) is 82.1 cm³/mol. The van der Waals surface area contributed by atoms with Crippen LogP contribution < -0.4 is 5.73 Å². The Hall–Kier alpha value is -2.35. The highest BCUT2D eigenvalue weighted by molar-refractivity contribution is 8.45. The van der Waals surface area contributed by atoms with E-state index in [0.29, 0.717) is 5.56 Å². The first kappa shape index (κ1) is 17.0. The van der Waals surface area contributed by atoms with Gasteiger partial charge in [0.15, 0.2) is 5.78 Å². The average Bonchev–Trinajstić information content (AvgIpc) is 2.43. The number of rotatable bonds is 4. The molecule has 23 heavy (non-hydrogen) atoms. The van der Waals surface area contributed by atoms with Crippen molar-refractivity contribution in [3.8, 4) is 0 Å². The molecule has 0 aliphatic heterocycles. The van der Waals surface area contributed by atoms with Crippen LogP contribution in [0, 0.1) is 0 Å². The number of benzene rings is 2. The monoisotopic (exact) mass is 349 g/mol. The van der Waals surface area contributed by atoms with Crippen LogP contribution in [0.1, 0.15) is 15.9 Å². The molecule has 8 heteroatoms. The maximum Gasteiger partial charge on any atom is 0.312 e. The Morgan fingerprint density at radius 1 is 0.913 bits per heavy atom. The van der Waals surface area contributed by atoms with Gasteiger partial charge in [-0.25, -0.2) is 0 Å². The van der Waals surface area contributed by atoms with E-state index in [1.165, 1.54) is 6.08 Å². The second kappa shape index (κ2) is 4.82. The number of ketones is 1. The van der Waals surface area contributed by atoms with Gasteiger partial charge >= 0.3 is 10.2 Å². The summed E-state index contributed by atoms with van der Waals surface area (Å²) in [6.07, 6.45) is 2.34. The highest BCUT2D eigenvalue weighted by Gasteiger charge is 2.66. The third-order valence-corrected chi connectivity index (χ3v) is 4.16. The molecular weight excluding hydrogens is 337 g/mol. The van der Waals surface area contributed by atoms with Crippen molar-refractivity contribution in [2.75, 3.05) is 5.73 Å². The summed E-state index contributed by atoms with van der Waals surface area (Å²) < 4.78 is 64.5. The Bertz CT molecular complexity index is 785. The molecule has 0 aliphatic carbocycles. The van der Waals surface area contributed by atoms with E-state index in [1.54, 1.807) is 30.3 Å². The molecule has 0 saturated carbocycles. The van der Waals surface area contributed by atoms with Crippen LogP contribution in [0.4, 0.5) is 25.1 Å². The molecule has 2 rings (SSSR count). The number of nitrogen functional groups attached to an aromatic ring is 1. The zero-order valence-corrected chi connectivity index (χ0v) is 12.4. The van der Waals surface area contributed by atoms with Crippen molar-refractivity contribution in [2.24, 2.45) is 0 Å². The third kappa shape index (κ3) is 4.10. The highest BCUT2D eigenvalue weighted by atomic mass is 32.5. The van der Waals surface area contributed by atoms with Gasteiger partial charge in [0.1, 0.15) is 4.90 Å². The fraction of sp³-hybridized carbons (Fsp3) is 0. The van der Waals surface area contributed by atoms with Crippen LogP contribution in [-0.2, 0) is 0 Å². The fourth-order valence-corrected chi connectivity index (χ4v) is 2.78. The molecular formula is C15H12F5NOS. The number of para-hydroxylation sites is 1. The van der Waals surface area contributed by atoms with Crippen molar-refractivity contribution in [3.05, 3.63) is 65.7 Å². The lowest BCUT2D eigenvalue weighted by Crippen LogP contribution is -2.12. The molecule has 124 valence electrons. The number of halogens is 5. The first-order valence-corrected chi connectivity index (χ1v) is 8.24. The first-order chi connectivity index (χ1) is 10.4. The fourth-order valence-electron chi connectivity index (χ4n) is 1.92. The Balaban J connectivity index is 2.43. The smallest absolute Gasteiger partial charge is 0.312 e. The van der Waals surface area contributed by atoms with Crippen LogP contribution in [0.2, 0.25) is 0 Å². The molecule has 0 aromatic heterocycles. The molecule has 2 aromatic carbocycles. The van der Waals surface area contributed by atoms with E-state index in [9.17, 15) is 24.2 Å². The summed E-state index contributed by atoms with van der Waals surface area (Å²) in [5, 5.41) is 0. The predicted octanol–water partition coefficient (Wildman–Crippen LogP) is 5.82. The summed E-state index contributed by atoms with van der Waals surface area (Å²) in [6, 6.07) is 10.4. The maximum absolute atomic E-state index is 12.9. The number of carbonyl (C=O) groups is 1. The Morgan fingerprint density at radius 3 is 2.09 bits per heavy atom. The Labute approximate surface area is 129 Å². The van der Waals surface area contributed by atoms with Gasteiger partial charge < -0.3 is 5.73 Å². The molecule has 0 fully saturated rings. The minimum Gasteiger partial charge on any atom is -0.397 e. The zero-order valence-electron chi connectivity index (χ0n) is 11.6. The van der Waals surface area contributed by atoms with Crippen molar-refractivity contribution in [3.63, 3.8) is 0 Å². The van der Waals surface area contributed by atoms with E-state index in [-0.39, 0.29) is 6.07 Å². The minimum atomic E-state index is -9.96. The van der Waals surface area contributed by atoms with Crippen LogP contribution >= 0.6 is 10.2 Å². The van der Waals surface area contributed by atoms with Crippen molar-refractivity contribution in [1.29, 1.82) is 0 Å². The summed E-state index contributed by atoms with van der Waals surface area (Å²) >= 11 is 0. The summed E-state index contributed by atoms with van der Waals surface area (Å²) in [7, 11) is -9.96. The molecule has 0 aliphatic rings. The first-order valence-electron chi connectivity index (χ1n) is 6.28. The van der Waals surface area contributed by atoms with Gasteiger partial charge in [-0.2, -0.15) is 0 Å². The largest absolute Gasteiger partial charge is 0.397 e. The van der Waals surface area contributed by atoms with Gasteiger partial charge in [0.2, 0.25) is 0 Å². The summed E-state index contributed by atoms with van der Waals surface area (Å²) in [6.45, 7) is 0. The molecule has 0 spiro atoms. The second-order valence-corrected chi connectivity index (χ2v) is 7.17. The van der Waals surface area contributed by atoms with Gasteiger partial charge in [-0.3, -0.25) is 4.79 Å². The van der Waals surface area contributed by atoms with Gasteiger partial charge in [0.05, 0.1) is 5.69 Å². The van der Waals surface area contributed by atoms with E-state index in [2.05, 4.69) is 0 Å². The average molecular weight is 349 g/mol. The number of allylic oxidation sites excluding steroid dienone is 1. The lowest BCUT2D eigenvalue weighted by atomic mass is 10.1. The van der Waals surface area contributed by atoms with E-state index in [4.69, 9.17) is 5.73 Å². The normalized spacial score (nSPS) is 15.2. The molecule has 0 saturated heterocycles. The quantitative estimate of drug-likeness (QED) is 0.327. The van der Waals surface area contributed by atoms with E-state index >= 15 is 0 Å².